The topological polar surface area (TPSA) is 4.93 Å². The first-order valence-electron chi connectivity index (χ1n) is 11.9. The Morgan fingerprint density at radius 3 is 2.16 bits per heavy atom. The van der Waals surface area contributed by atoms with Crippen molar-refractivity contribution >= 4 is 40.3 Å². The van der Waals surface area contributed by atoms with Gasteiger partial charge in [0.2, 0.25) is 0 Å². The third kappa shape index (κ3) is 2.17. The van der Waals surface area contributed by atoms with Gasteiger partial charge in [-0.05, 0) is 65.4 Å². The second-order valence-electron chi connectivity index (χ2n) is 11.3. The minimum absolute atomic E-state index is 0.000765. The minimum Gasteiger partial charge on any atom is -0.309 e. The molecule has 2 heteroatoms. The van der Waals surface area contributed by atoms with Crippen LogP contribution in [0.3, 0.4) is 0 Å². The Labute approximate surface area is 187 Å². The number of rotatable bonds is 2. The molecule has 3 aromatic carbocycles. The summed E-state index contributed by atoms with van der Waals surface area (Å²) in [6.07, 6.45) is 1.18. The Morgan fingerprint density at radius 1 is 0.839 bits per heavy atom. The van der Waals surface area contributed by atoms with Crippen molar-refractivity contribution in [1.82, 2.24) is 4.57 Å². The zero-order valence-corrected chi connectivity index (χ0v) is 21.2. The van der Waals surface area contributed by atoms with Crippen LogP contribution in [0.2, 0.25) is 13.1 Å². The molecule has 0 fully saturated rings. The maximum atomic E-state index is 2.67. The summed E-state index contributed by atoms with van der Waals surface area (Å²) in [4.78, 5) is 0. The van der Waals surface area contributed by atoms with E-state index in [1.54, 1.807) is 10.4 Å². The summed E-state index contributed by atoms with van der Waals surface area (Å²) in [6, 6.07) is 15.0. The quantitative estimate of drug-likeness (QED) is 0.317. The van der Waals surface area contributed by atoms with Gasteiger partial charge in [-0.25, -0.2) is 0 Å². The average Bonchev–Trinajstić information content (AvgIpc) is 3.03. The second kappa shape index (κ2) is 5.72. The van der Waals surface area contributed by atoms with Crippen LogP contribution in [0.1, 0.15) is 67.9 Å². The van der Waals surface area contributed by atoms with Gasteiger partial charge in [-0.1, -0.05) is 76.2 Å². The maximum absolute atomic E-state index is 2.67. The molecule has 0 saturated heterocycles. The molecule has 2 aliphatic heterocycles. The summed E-state index contributed by atoms with van der Waals surface area (Å²) in [6.45, 7) is 19.3. The molecule has 1 unspecified atom stereocenters. The number of aromatic nitrogens is 1. The molecule has 0 spiro atoms. The number of hydrogen-bond acceptors (Lipinski definition) is 0. The third-order valence-corrected chi connectivity index (χ3v) is 11.9. The molecule has 31 heavy (non-hydrogen) atoms. The van der Waals surface area contributed by atoms with E-state index in [1.807, 2.05) is 0 Å². The Hall–Kier alpha value is -2.32. The highest BCUT2D eigenvalue weighted by atomic mass is 28.3. The van der Waals surface area contributed by atoms with Gasteiger partial charge in [0, 0.05) is 21.9 Å². The molecule has 3 heterocycles. The Bertz CT molecular complexity index is 1350. The van der Waals surface area contributed by atoms with Gasteiger partial charge in [0.25, 0.3) is 0 Å². The number of aryl methyl sites for hydroxylation is 2. The molecule has 1 aromatic heterocycles. The molecule has 1 nitrogen and oxygen atoms in total. The van der Waals surface area contributed by atoms with Crippen molar-refractivity contribution in [3.05, 3.63) is 64.2 Å². The zero-order valence-electron chi connectivity index (χ0n) is 20.2. The van der Waals surface area contributed by atoms with Crippen molar-refractivity contribution in [2.24, 2.45) is 0 Å². The fourth-order valence-electron chi connectivity index (χ4n) is 6.40. The van der Waals surface area contributed by atoms with Gasteiger partial charge in [-0.3, -0.25) is 0 Å². The highest BCUT2D eigenvalue weighted by Crippen LogP contribution is 2.49. The number of fused-ring (bicyclic) bond motifs is 1. The van der Waals surface area contributed by atoms with Gasteiger partial charge in [-0.2, -0.15) is 0 Å². The van der Waals surface area contributed by atoms with Crippen molar-refractivity contribution in [2.45, 2.75) is 72.4 Å². The normalized spacial score (nSPS) is 18.2. The van der Waals surface area contributed by atoms with Crippen LogP contribution in [0.4, 0.5) is 0 Å². The van der Waals surface area contributed by atoms with E-state index in [0.29, 0.717) is 5.92 Å². The van der Waals surface area contributed by atoms with E-state index in [4.69, 9.17) is 0 Å². The average molecular weight is 424 g/mol. The molecule has 2 aliphatic rings. The lowest BCUT2D eigenvalue weighted by atomic mass is 9.73. The molecule has 0 bridgehead atoms. The molecule has 0 N–H and O–H groups in total. The molecule has 158 valence electrons. The highest BCUT2D eigenvalue weighted by Gasteiger charge is 2.44. The zero-order chi connectivity index (χ0) is 22.0. The summed E-state index contributed by atoms with van der Waals surface area (Å²) < 4.78 is 2.67. The van der Waals surface area contributed by atoms with Crippen LogP contribution in [-0.2, 0) is 5.41 Å². The van der Waals surface area contributed by atoms with Gasteiger partial charge < -0.3 is 4.57 Å². The fraction of sp³-hybridized carbons (Fsp3) is 0.379. The Balaban J connectivity index is 1.95. The first kappa shape index (κ1) is 19.4. The fourth-order valence-corrected chi connectivity index (χ4v) is 9.48. The van der Waals surface area contributed by atoms with Crippen molar-refractivity contribution in [3.63, 3.8) is 0 Å². The SMILES string of the molecule is CCC(C)c1cc2c3c(c1)[Si](C)(C)c1cc(C)cc4c5cc(C)cc(c5n-3c14)C2(C)C. The standard InChI is InChI=1S/C29H33NSi/c1-9-18(4)19-14-23-28-25(15-19)31(7,8)24-13-17(3)11-21-20-10-16(2)12-22(29(23,5)6)26(20)30(28)27(21)24/h10-15,18H,9H2,1-8H3. The lowest BCUT2D eigenvalue weighted by Crippen LogP contribution is -2.58. The molecule has 0 aliphatic carbocycles. The predicted octanol–water partition coefficient (Wildman–Crippen LogP) is 6.69. The van der Waals surface area contributed by atoms with Crippen LogP contribution in [0.25, 0.3) is 27.5 Å². The first-order chi connectivity index (χ1) is 14.6. The summed E-state index contributed by atoms with van der Waals surface area (Å²) in [5.74, 6) is 0.588. The van der Waals surface area contributed by atoms with Gasteiger partial charge in [0.05, 0.1) is 11.0 Å². The molecule has 0 saturated carbocycles. The number of benzene rings is 3. The lowest BCUT2D eigenvalue weighted by Gasteiger charge is -2.42. The first-order valence-corrected chi connectivity index (χ1v) is 14.9. The van der Waals surface area contributed by atoms with E-state index in [9.17, 15) is 0 Å². The van der Waals surface area contributed by atoms with Crippen molar-refractivity contribution in [3.8, 4) is 5.69 Å². The second-order valence-corrected chi connectivity index (χ2v) is 15.6. The Kier molecular flexibility index (Phi) is 3.57. The third-order valence-electron chi connectivity index (χ3n) is 8.48. The molecular weight excluding hydrogens is 390 g/mol. The van der Waals surface area contributed by atoms with Crippen LogP contribution in [0.5, 0.6) is 0 Å². The smallest absolute Gasteiger partial charge is 0.117 e. The minimum atomic E-state index is -1.85. The largest absolute Gasteiger partial charge is 0.309 e. The highest BCUT2D eigenvalue weighted by molar-refractivity contribution is 7.02. The van der Waals surface area contributed by atoms with Crippen molar-refractivity contribution in [1.29, 1.82) is 0 Å². The van der Waals surface area contributed by atoms with Crippen LogP contribution in [0.15, 0.2) is 36.4 Å². The van der Waals surface area contributed by atoms with Gasteiger partial charge in [0.15, 0.2) is 0 Å². The molecule has 4 aromatic rings. The summed E-state index contributed by atoms with van der Waals surface area (Å²) in [5.41, 5.74) is 11.8. The van der Waals surface area contributed by atoms with E-state index in [1.165, 1.54) is 61.7 Å². The number of nitrogens with zero attached hydrogens (tertiary/aromatic N) is 1. The van der Waals surface area contributed by atoms with Crippen LogP contribution in [-0.4, -0.2) is 12.6 Å². The van der Waals surface area contributed by atoms with Gasteiger partial charge in [-0.15, -0.1) is 0 Å². The number of hydrogen-bond donors (Lipinski definition) is 0. The van der Waals surface area contributed by atoms with Crippen molar-refractivity contribution < 1.29 is 0 Å². The maximum Gasteiger partial charge on any atom is 0.117 e. The van der Waals surface area contributed by atoms with E-state index >= 15 is 0 Å². The molecule has 0 amide bonds. The van der Waals surface area contributed by atoms with E-state index in [0.717, 1.165) is 0 Å². The lowest BCUT2D eigenvalue weighted by molar-refractivity contribution is 0.625. The monoisotopic (exact) mass is 423 g/mol. The van der Waals surface area contributed by atoms with E-state index < -0.39 is 8.07 Å². The molecule has 6 rings (SSSR count). The Morgan fingerprint density at radius 2 is 1.48 bits per heavy atom. The predicted molar refractivity (Wildman–Crippen MR) is 138 cm³/mol. The summed E-state index contributed by atoms with van der Waals surface area (Å²) in [5, 5.41) is 6.14. The van der Waals surface area contributed by atoms with Gasteiger partial charge >= 0.3 is 0 Å². The van der Waals surface area contributed by atoms with Gasteiger partial charge in [0.1, 0.15) is 8.07 Å². The molecular formula is C29H33NSi. The van der Waals surface area contributed by atoms with Crippen LogP contribution >= 0.6 is 0 Å². The van der Waals surface area contributed by atoms with E-state index in [-0.39, 0.29) is 5.41 Å². The van der Waals surface area contributed by atoms with E-state index in [2.05, 4.69) is 95.6 Å². The summed E-state index contributed by atoms with van der Waals surface area (Å²) >= 11 is 0. The van der Waals surface area contributed by atoms with Crippen LogP contribution < -0.4 is 10.4 Å². The van der Waals surface area contributed by atoms with Crippen molar-refractivity contribution in [2.75, 3.05) is 0 Å². The molecule has 0 radical (unpaired) electrons. The van der Waals surface area contributed by atoms with Crippen LogP contribution in [0, 0.1) is 13.8 Å². The molecule has 1 atom stereocenters. The summed E-state index contributed by atoms with van der Waals surface area (Å²) in [7, 11) is -1.85.